The molecule has 3 N–H and O–H groups in total. The average molecular weight is 336 g/mol. The topological polar surface area (TPSA) is 105 Å². The maximum atomic E-state index is 11.7. The number of carbonyl (C=O) groups excluding carboxylic acids is 2. The van der Waals surface area contributed by atoms with Gasteiger partial charge in [0, 0.05) is 18.5 Å². The highest BCUT2D eigenvalue weighted by Gasteiger charge is 2.20. The van der Waals surface area contributed by atoms with Crippen LogP contribution in [0.1, 0.15) is 39.7 Å². The first-order valence-electron chi connectivity index (χ1n) is 7.72. The fourth-order valence-electron chi connectivity index (χ4n) is 1.88. The summed E-state index contributed by atoms with van der Waals surface area (Å²) in [4.78, 5) is 34.3. The Balaban J connectivity index is 2.67. The van der Waals surface area contributed by atoms with Gasteiger partial charge in [-0.15, -0.1) is 0 Å². The smallest absolute Gasteiger partial charge is 0.412 e. The summed E-state index contributed by atoms with van der Waals surface area (Å²) in [6.45, 7) is 6.97. The monoisotopic (exact) mass is 336 g/mol. The van der Waals surface area contributed by atoms with Gasteiger partial charge in [0.25, 0.3) is 0 Å². The summed E-state index contributed by atoms with van der Waals surface area (Å²) in [5.41, 5.74) is 0.682. The summed E-state index contributed by atoms with van der Waals surface area (Å²) in [7, 11) is 0. The number of benzene rings is 1. The van der Waals surface area contributed by atoms with Crippen molar-refractivity contribution >= 4 is 23.7 Å². The number of hydrogen-bond acceptors (Lipinski definition) is 4. The van der Waals surface area contributed by atoms with E-state index in [0.717, 1.165) is 5.56 Å². The molecule has 7 nitrogen and oxygen atoms in total. The second-order valence-electron chi connectivity index (χ2n) is 6.34. The number of amides is 2. The third-order valence-electron chi connectivity index (χ3n) is 2.99. The zero-order valence-corrected chi connectivity index (χ0v) is 14.4. The molecule has 0 aliphatic rings. The molecule has 2 amide bonds. The Bertz CT molecular complexity index is 590. The number of carbonyl (C=O) groups is 3. The third-order valence-corrected chi connectivity index (χ3v) is 2.99. The molecule has 0 spiro atoms. The van der Waals surface area contributed by atoms with Crippen LogP contribution in [0.25, 0.3) is 0 Å². The fraction of sp³-hybridized carbons (Fsp3) is 0.471. The first kappa shape index (κ1) is 19.5. The van der Waals surface area contributed by atoms with Crippen molar-refractivity contribution in [3.63, 3.8) is 0 Å². The van der Waals surface area contributed by atoms with Crippen LogP contribution in [0.15, 0.2) is 24.3 Å². The van der Waals surface area contributed by atoms with Crippen LogP contribution in [0.5, 0.6) is 0 Å². The van der Waals surface area contributed by atoms with E-state index in [1.807, 2.05) is 0 Å². The average Bonchev–Trinajstić information content (AvgIpc) is 2.46. The van der Waals surface area contributed by atoms with Gasteiger partial charge in [-0.2, -0.15) is 0 Å². The maximum absolute atomic E-state index is 11.7. The summed E-state index contributed by atoms with van der Waals surface area (Å²) in [6.07, 6.45) is -0.176. The van der Waals surface area contributed by atoms with Crippen LogP contribution < -0.4 is 10.6 Å². The number of carboxylic acids is 1. The Morgan fingerprint density at radius 3 is 2.21 bits per heavy atom. The largest absolute Gasteiger partial charge is 0.480 e. The summed E-state index contributed by atoms with van der Waals surface area (Å²) in [6, 6.07) is 5.71. The standard InChI is InChI=1S/C17H24N2O5/c1-5-14(20)19-13(15(21)22)10-11-6-8-12(9-7-11)18-16(23)24-17(2,3)4/h6-9,13H,5,10H2,1-4H3,(H,18,23)(H,19,20)(H,21,22)/t13-/m1/s1. The summed E-state index contributed by atoms with van der Waals surface area (Å²) in [5.74, 6) is -1.40. The minimum atomic E-state index is -1.09. The molecule has 132 valence electrons. The molecule has 1 aromatic rings. The summed E-state index contributed by atoms with van der Waals surface area (Å²) >= 11 is 0. The normalized spacial score (nSPS) is 12.2. The van der Waals surface area contributed by atoms with Crippen LogP contribution in [0.3, 0.4) is 0 Å². The highest BCUT2D eigenvalue weighted by Crippen LogP contribution is 2.14. The molecule has 0 saturated carbocycles. The first-order chi connectivity index (χ1) is 11.1. The Kier molecular flexibility index (Phi) is 6.76. The van der Waals surface area contributed by atoms with Crippen LogP contribution in [-0.2, 0) is 20.7 Å². The van der Waals surface area contributed by atoms with Crippen molar-refractivity contribution in [1.82, 2.24) is 5.32 Å². The van der Waals surface area contributed by atoms with E-state index in [-0.39, 0.29) is 18.7 Å². The van der Waals surface area contributed by atoms with Crippen molar-refractivity contribution < 1.29 is 24.2 Å². The Morgan fingerprint density at radius 2 is 1.75 bits per heavy atom. The van der Waals surface area contributed by atoms with Gasteiger partial charge < -0.3 is 15.2 Å². The van der Waals surface area contributed by atoms with Crippen LogP contribution in [0, 0.1) is 0 Å². The Morgan fingerprint density at radius 1 is 1.17 bits per heavy atom. The van der Waals surface area contributed by atoms with E-state index in [2.05, 4.69) is 10.6 Å². The molecular formula is C17H24N2O5. The molecule has 0 aromatic heterocycles. The van der Waals surface area contributed by atoms with Crippen molar-refractivity contribution in [2.45, 2.75) is 52.2 Å². The van der Waals surface area contributed by atoms with Gasteiger partial charge in [0.15, 0.2) is 0 Å². The van der Waals surface area contributed by atoms with Crippen molar-refractivity contribution in [2.24, 2.45) is 0 Å². The Labute approximate surface area is 141 Å². The van der Waals surface area contributed by atoms with Gasteiger partial charge in [0.05, 0.1) is 0 Å². The lowest BCUT2D eigenvalue weighted by atomic mass is 10.1. The van der Waals surface area contributed by atoms with Crippen LogP contribution >= 0.6 is 0 Å². The quantitative estimate of drug-likeness (QED) is 0.740. The fourth-order valence-corrected chi connectivity index (χ4v) is 1.88. The molecule has 0 aliphatic carbocycles. The van der Waals surface area contributed by atoms with E-state index in [4.69, 9.17) is 4.74 Å². The Hall–Kier alpha value is -2.57. The molecule has 0 fully saturated rings. The second-order valence-corrected chi connectivity index (χ2v) is 6.34. The molecule has 0 saturated heterocycles. The molecule has 1 rings (SSSR count). The molecule has 0 aliphatic heterocycles. The maximum Gasteiger partial charge on any atom is 0.412 e. The SMILES string of the molecule is CCC(=O)N[C@H](Cc1ccc(NC(=O)OC(C)(C)C)cc1)C(=O)O. The molecule has 7 heteroatoms. The van der Waals surface area contributed by atoms with Crippen molar-refractivity contribution in [1.29, 1.82) is 0 Å². The molecule has 1 atom stereocenters. The van der Waals surface area contributed by atoms with E-state index in [9.17, 15) is 19.5 Å². The van der Waals surface area contributed by atoms with Crippen molar-refractivity contribution in [2.75, 3.05) is 5.32 Å². The molecule has 24 heavy (non-hydrogen) atoms. The number of aliphatic carboxylic acids is 1. The van der Waals surface area contributed by atoms with E-state index in [0.29, 0.717) is 5.69 Å². The van der Waals surface area contributed by atoms with E-state index >= 15 is 0 Å². The number of carboxylic acid groups (broad SMARTS) is 1. The zero-order chi connectivity index (χ0) is 18.3. The minimum absolute atomic E-state index is 0.161. The number of hydrogen-bond donors (Lipinski definition) is 3. The summed E-state index contributed by atoms with van der Waals surface area (Å²) in [5, 5.41) is 14.2. The van der Waals surface area contributed by atoms with Crippen LogP contribution in [-0.4, -0.2) is 34.7 Å². The number of rotatable bonds is 6. The van der Waals surface area contributed by atoms with Gasteiger partial charge in [-0.1, -0.05) is 19.1 Å². The first-order valence-corrected chi connectivity index (χ1v) is 7.72. The lowest BCUT2D eigenvalue weighted by Gasteiger charge is -2.19. The van der Waals surface area contributed by atoms with Crippen molar-refractivity contribution in [3.8, 4) is 0 Å². The third kappa shape index (κ3) is 7.13. The highest BCUT2D eigenvalue weighted by atomic mass is 16.6. The van der Waals surface area contributed by atoms with Gasteiger partial charge in [-0.05, 0) is 38.5 Å². The van der Waals surface area contributed by atoms with Crippen molar-refractivity contribution in [3.05, 3.63) is 29.8 Å². The van der Waals surface area contributed by atoms with E-state index in [1.54, 1.807) is 52.0 Å². The predicted molar refractivity (Wildman–Crippen MR) is 89.9 cm³/mol. The second kappa shape index (κ2) is 8.33. The lowest BCUT2D eigenvalue weighted by Crippen LogP contribution is -2.42. The molecule has 1 aromatic carbocycles. The number of nitrogens with one attached hydrogen (secondary N) is 2. The van der Waals surface area contributed by atoms with Gasteiger partial charge in [-0.3, -0.25) is 10.1 Å². The predicted octanol–water partition coefficient (Wildman–Crippen LogP) is 2.56. The van der Waals surface area contributed by atoms with Gasteiger partial charge in [-0.25, -0.2) is 9.59 Å². The number of ether oxygens (including phenoxy) is 1. The minimum Gasteiger partial charge on any atom is -0.480 e. The van der Waals surface area contributed by atoms with Gasteiger partial charge >= 0.3 is 12.1 Å². The van der Waals surface area contributed by atoms with Crippen LogP contribution in [0.4, 0.5) is 10.5 Å². The highest BCUT2D eigenvalue weighted by molar-refractivity contribution is 5.85. The molecular weight excluding hydrogens is 312 g/mol. The molecule has 0 radical (unpaired) electrons. The van der Waals surface area contributed by atoms with Crippen LogP contribution in [0.2, 0.25) is 0 Å². The summed E-state index contributed by atoms with van der Waals surface area (Å²) < 4.78 is 5.15. The van der Waals surface area contributed by atoms with Gasteiger partial charge in [0.2, 0.25) is 5.91 Å². The lowest BCUT2D eigenvalue weighted by molar-refractivity contribution is -0.141. The molecule has 0 bridgehead atoms. The van der Waals surface area contributed by atoms with E-state index < -0.39 is 23.7 Å². The molecule has 0 heterocycles. The number of anilines is 1. The van der Waals surface area contributed by atoms with Gasteiger partial charge in [0.1, 0.15) is 11.6 Å². The van der Waals surface area contributed by atoms with E-state index in [1.165, 1.54) is 0 Å². The zero-order valence-electron chi connectivity index (χ0n) is 14.4. The molecule has 0 unspecified atom stereocenters.